The van der Waals surface area contributed by atoms with Gasteiger partial charge in [-0.15, -0.1) is 0 Å². The summed E-state index contributed by atoms with van der Waals surface area (Å²) in [6.45, 7) is 5.69. The highest BCUT2D eigenvalue weighted by atomic mass is 16.5. The van der Waals surface area contributed by atoms with Crippen molar-refractivity contribution >= 4 is 5.91 Å². The van der Waals surface area contributed by atoms with Gasteiger partial charge >= 0.3 is 0 Å². The topological polar surface area (TPSA) is 58.6 Å². The first-order valence-corrected chi connectivity index (χ1v) is 6.09. The number of hydrogen-bond acceptors (Lipinski definition) is 3. The first-order valence-electron chi connectivity index (χ1n) is 6.09. The zero-order valence-electron chi connectivity index (χ0n) is 10.3. The van der Waals surface area contributed by atoms with Crippen molar-refractivity contribution in [3.8, 4) is 0 Å². The largest absolute Gasteiger partial charge is 0.388 e. The Kier molecular flexibility index (Phi) is 5.22. The molecule has 0 aromatic heterocycles. The highest BCUT2D eigenvalue weighted by molar-refractivity contribution is 5.76. The van der Waals surface area contributed by atoms with Crippen LogP contribution in [0.3, 0.4) is 0 Å². The Morgan fingerprint density at radius 1 is 1.50 bits per heavy atom. The van der Waals surface area contributed by atoms with E-state index in [1.54, 1.807) is 0 Å². The fourth-order valence-electron chi connectivity index (χ4n) is 1.60. The van der Waals surface area contributed by atoms with Crippen LogP contribution in [0.25, 0.3) is 0 Å². The van der Waals surface area contributed by atoms with E-state index in [4.69, 9.17) is 4.74 Å². The molecule has 1 aliphatic carbocycles. The highest BCUT2D eigenvalue weighted by Gasteiger charge is 2.34. The maximum Gasteiger partial charge on any atom is 0.222 e. The third-order valence-corrected chi connectivity index (χ3v) is 2.82. The molecular weight excluding hydrogens is 206 g/mol. The molecule has 1 fully saturated rings. The molecule has 0 saturated heterocycles. The van der Waals surface area contributed by atoms with Gasteiger partial charge in [0.2, 0.25) is 5.91 Å². The maximum atomic E-state index is 11.4. The van der Waals surface area contributed by atoms with Gasteiger partial charge in [0.25, 0.3) is 0 Å². The molecule has 0 radical (unpaired) electrons. The third-order valence-electron chi connectivity index (χ3n) is 2.82. The second kappa shape index (κ2) is 6.21. The molecule has 0 atom stereocenters. The second-order valence-corrected chi connectivity index (χ2v) is 5.07. The molecule has 16 heavy (non-hydrogen) atoms. The fourth-order valence-corrected chi connectivity index (χ4v) is 1.60. The summed E-state index contributed by atoms with van der Waals surface area (Å²) < 4.78 is 5.31. The average Bonchev–Trinajstić information content (AvgIpc) is 2.18. The number of hydrogen-bond donors (Lipinski definition) is 2. The molecule has 0 aliphatic heterocycles. The summed E-state index contributed by atoms with van der Waals surface area (Å²) in [5.74, 6) is 0.461. The van der Waals surface area contributed by atoms with Gasteiger partial charge in [-0.3, -0.25) is 4.79 Å². The molecule has 1 aliphatic rings. The first kappa shape index (κ1) is 13.5. The van der Waals surface area contributed by atoms with Gasteiger partial charge in [0.1, 0.15) is 0 Å². The summed E-state index contributed by atoms with van der Waals surface area (Å²) in [6.07, 6.45) is 3.04. The van der Waals surface area contributed by atoms with Crippen molar-refractivity contribution in [1.29, 1.82) is 0 Å². The summed E-state index contributed by atoms with van der Waals surface area (Å²) >= 11 is 0. The quantitative estimate of drug-likeness (QED) is 0.642. The summed E-state index contributed by atoms with van der Waals surface area (Å²) in [4.78, 5) is 11.4. The van der Waals surface area contributed by atoms with Crippen LogP contribution in [0.5, 0.6) is 0 Å². The van der Waals surface area contributed by atoms with Crippen LogP contribution in [0.4, 0.5) is 0 Å². The predicted molar refractivity (Wildman–Crippen MR) is 62.1 cm³/mol. The number of ether oxygens (including phenoxy) is 1. The number of rotatable bonds is 7. The lowest BCUT2D eigenvalue weighted by Crippen LogP contribution is -2.47. The summed E-state index contributed by atoms with van der Waals surface area (Å²) in [7, 11) is 0. The maximum absolute atomic E-state index is 11.4. The Morgan fingerprint density at radius 3 is 2.69 bits per heavy atom. The molecule has 94 valence electrons. The van der Waals surface area contributed by atoms with E-state index in [2.05, 4.69) is 19.2 Å². The van der Waals surface area contributed by atoms with E-state index < -0.39 is 5.60 Å². The zero-order chi connectivity index (χ0) is 12.0. The van der Waals surface area contributed by atoms with Crippen molar-refractivity contribution in [2.75, 3.05) is 19.8 Å². The molecule has 0 spiro atoms. The molecular formula is C12H23NO3. The zero-order valence-corrected chi connectivity index (χ0v) is 10.3. The van der Waals surface area contributed by atoms with E-state index in [0.29, 0.717) is 32.1 Å². The fraction of sp³-hybridized carbons (Fsp3) is 0.917. The first-order chi connectivity index (χ1) is 7.52. The van der Waals surface area contributed by atoms with Crippen LogP contribution < -0.4 is 5.32 Å². The smallest absolute Gasteiger partial charge is 0.222 e. The number of amides is 1. The van der Waals surface area contributed by atoms with Gasteiger partial charge in [-0.1, -0.05) is 13.8 Å². The molecule has 1 rings (SSSR count). The molecule has 0 aromatic rings. The van der Waals surface area contributed by atoms with Crippen LogP contribution in [-0.4, -0.2) is 36.4 Å². The van der Waals surface area contributed by atoms with Crippen molar-refractivity contribution < 1.29 is 14.6 Å². The minimum Gasteiger partial charge on any atom is -0.388 e. The van der Waals surface area contributed by atoms with Gasteiger partial charge in [0.05, 0.1) is 12.2 Å². The Bertz CT molecular complexity index is 224. The van der Waals surface area contributed by atoms with E-state index in [1.165, 1.54) is 0 Å². The molecule has 1 amide bonds. The number of nitrogens with one attached hydrogen (secondary N) is 1. The van der Waals surface area contributed by atoms with E-state index in [9.17, 15) is 9.90 Å². The molecule has 0 bridgehead atoms. The van der Waals surface area contributed by atoms with Crippen molar-refractivity contribution in [2.24, 2.45) is 5.92 Å². The monoisotopic (exact) mass is 229 g/mol. The summed E-state index contributed by atoms with van der Waals surface area (Å²) in [5, 5.41) is 12.5. The Labute approximate surface area is 97.4 Å². The van der Waals surface area contributed by atoms with E-state index in [1.807, 2.05) is 0 Å². The minimum absolute atomic E-state index is 0.0379. The normalized spacial score (nSPS) is 18.2. The van der Waals surface area contributed by atoms with Crippen LogP contribution in [-0.2, 0) is 9.53 Å². The summed E-state index contributed by atoms with van der Waals surface area (Å²) in [5.41, 5.74) is -0.631. The Hall–Kier alpha value is -0.610. The molecule has 1 saturated carbocycles. The summed E-state index contributed by atoms with van der Waals surface area (Å²) in [6, 6.07) is 0. The van der Waals surface area contributed by atoms with E-state index in [0.717, 1.165) is 19.3 Å². The highest BCUT2D eigenvalue weighted by Crippen LogP contribution is 2.30. The molecule has 0 unspecified atom stereocenters. The van der Waals surface area contributed by atoms with Gasteiger partial charge < -0.3 is 15.2 Å². The number of carbonyl (C=O) groups is 1. The second-order valence-electron chi connectivity index (χ2n) is 5.07. The SMILES string of the molecule is CC(C)COCCC(=O)NCC1(O)CCC1. The van der Waals surface area contributed by atoms with Crippen molar-refractivity contribution in [2.45, 2.75) is 45.1 Å². The predicted octanol–water partition coefficient (Wildman–Crippen LogP) is 1.08. The van der Waals surface area contributed by atoms with Crippen LogP contribution in [0.15, 0.2) is 0 Å². The van der Waals surface area contributed by atoms with Crippen molar-refractivity contribution in [3.63, 3.8) is 0 Å². The average molecular weight is 229 g/mol. The molecule has 2 N–H and O–H groups in total. The van der Waals surface area contributed by atoms with Crippen molar-refractivity contribution in [1.82, 2.24) is 5.32 Å². The van der Waals surface area contributed by atoms with Crippen LogP contribution in [0.1, 0.15) is 39.5 Å². The molecule has 4 heteroatoms. The molecule has 0 heterocycles. The molecule has 4 nitrogen and oxygen atoms in total. The lowest BCUT2D eigenvalue weighted by Gasteiger charge is -2.36. The van der Waals surface area contributed by atoms with Gasteiger partial charge in [0.15, 0.2) is 0 Å². The third kappa shape index (κ3) is 4.94. The Balaban J connectivity index is 1.98. The van der Waals surface area contributed by atoms with Gasteiger partial charge in [-0.2, -0.15) is 0 Å². The van der Waals surface area contributed by atoms with E-state index >= 15 is 0 Å². The molecule has 0 aromatic carbocycles. The number of carbonyl (C=O) groups excluding carboxylic acids is 1. The van der Waals surface area contributed by atoms with Gasteiger partial charge in [0, 0.05) is 19.6 Å². The Morgan fingerprint density at radius 2 is 2.19 bits per heavy atom. The van der Waals surface area contributed by atoms with Crippen LogP contribution in [0.2, 0.25) is 0 Å². The lowest BCUT2D eigenvalue weighted by molar-refractivity contribution is -0.124. The van der Waals surface area contributed by atoms with Crippen LogP contribution in [0, 0.1) is 5.92 Å². The van der Waals surface area contributed by atoms with Crippen LogP contribution >= 0.6 is 0 Å². The lowest BCUT2D eigenvalue weighted by atomic mass is 9.80. The standard InChI is InChI=1S/C12H23NO3/c1-10(2)8-16-7-4-11(14)13-9-12(15)5-3-6-12/h10,15H,3-9H2,1-2H3,(H,13,14). The van der Waals surface area contributed by atoms with E-state index in [-0.39, 0.29) is 5.91 Å². The number of aliphatic hydroxyl groups is 1. The van der Waals surface area contributed by atoms with Crippen molar-refractivity contribution in [3.05, 3.63) is 0 Å². The van der Waals surface area contributed by atoms with Gasteiger partial charge in [-0.05, 0) is 25.2 Å². The minimum atomic E-state index is -0.631. The van der Waals surface area contributed by atoms with Gasteiger partial charge in [-0.25, -0.2) is 0 Å².